The molecule has 0 heterocycles. The molecule has 0 saturated carbocycles. The molecular weight excluding hydrogens is 335 g/mol. The third kappa shape index (κ3) is 5.92. The summed E-state index contributed by atoms with van der Waals surface area (Å²) in [6.07, 6.45) is 0. The van der Waals surface area contributed by atoms with E-state index in [9.17, 15) is 22.8 Å². The first-order chi connectivity index (χ1) is 11.8. The number of carbonyl (C=O) groups is 2. The van der Waals surface area contributed by atoms with Gasteiger partial charge in [0, 0.05) is 11.8 Å². The molecule has 2 rings (SSSR count). The van der Waals surface area contributed by atoms with Crippen molar-refractivity contribution in [2.24, 2.45) is 0 Å². The van der Waals surface area contributed by atoms with Crippen molar-refractivity contribution in [1.82, 2.24) is 4.90 Å². The standard InChI is InChI=1S/C17H16F3N3O2/c1-23(9-16(24)21-13-5-2-11(18)3-6-13)10-17(25)22-15-7-4-12(19)8-14(15)20/h2-8H,9-10H2,1H3,(H,21,24)(H,22,25). The number of nitrogens with zero attached hydrogens (tertiary/aromatic N) is 1. The maximum atomic E-state index is 13.5. The minimum Gasteiger partial charge on any atom is -0.325 e. The number of nitrogens with one attached hydrogen (secondary N) is 2. The zero-order chi connectivity index (χ0) is 18.4. The van der Waals surface area contributed by atoms with Gasteiger partial charge >= 0.3 is 0 Å². The summed E-state index contributed by atoms with van der Waals surface area (Å²) in [4.78, 5) is 25.1. The SMILES string of the molecule is CN(CC(=O)Nc1ccc(F)cc1)CC(=O)Nc1ccc(F)cc1F. The lowest BCUT2D eigenvalue weighted by Gasteiger charge is -2.16. The topological polar surface area (TPSA) is 61.4 Å². The second-order valence-corrected chi connectivity index (χ2v) is 5.40. The molecule has 0 atom stereocenters. The molecule has 0 aliphatic rings. The lowest BCUT2D eigenvalue weighted by Crippen LogP contribution is -2.36. The first-order valence-corrected chi connectivity index (χ1v) is 7.32. The third-order valence-electron chi connectivity index (χ3n) is 3.16. The van der Waals surface area contributed by atoms with Crippen molar-refractivity contribution in [2.75, 3.05) is 30.8 Å². The maximum absolute atomic E-state index is 13.5. The van der Waals surface area contributed by atoms with Crippen LogP contribution < -0.4 is 10.6 Å². The van der Waals surface area contributed by atoms with Crippen LogP contribution in [0.1, 0.15) is 0 Å². The molecule has 2 aromatic carbocycles. The highest BCUT2D eigenvalue weighted by Gasteiger charge is 2.13. The Hall–Kier alpha value is -2.87. The Morgan fingerprint density at radius 3 is 2.04 bits per heavy atom. The molecule has 0 aliphatic heterocycles. The number of carbonyl (C=O) groups excluding carboxylic acids is 2. The molecule has 0 fully saturated rings. The molecule has 132 valence electrons. The van der Waals surface area contributed by atoms with Crippen LogP contribution in [-0.2, 0) is 9.59 Å². The van der Waals surface area contributed by atoms with Gasteiger partial charge in [-0.3, -0.25) is 14.5 Å². The van der Waals surface area contributed by atoms with E-state index in [1.54, 1.807) is 0 Å². The normalized spacial score (nSPS) is 10.6. The molecule has 2 N–H and O–H groups in total. The zero-order valence-electron chi connectivity index (χ0n) is 13.4. The number of benzene rings is 2. The van der Waals surface area contributed by atoms with Gasteiger partial charge in [0.05, 0.1) is 18.8 Å². The molecule has 2 amide bonds. The molecule has 0 bridgehead atoms. The fourth-order valence-electron chi connectivity index (χ4n) is 2.06. The Labute approximate surface area is 142 Å². The van der Waals surface area contributed by atoms with Crippen molar-refractivity contribution < 1.29 is 22.8 Å². The van der Waals surface area contributed by atoms with E-state index in [0.29, 0.717) is 11.8 Å². The van der Waals surface area contributed by atoms with Gasteiger partial charge in [-0.2, -0.15) is 0 Å². The molecule has 0 aliphatic carbocycles. The lowest BCUT2D eigenvalue weighted by molar-refractivity contribution is -0.119. The Morgan fingerprint density at radius 1 is 0.880 bits per heavy atom. The molecule has 0 radical (unpaired) electrons. The van der Waals surface area contributed by atoms with Gasteiger partial charge in [0.1, 0.15) is 17.5 Å². The summed E-state index contributed by atoms with van der Waals surface area (Å²) in [5, 5.41) is 4.86. The van der Waals surface area contributed by atoms with E-state index < -0.39 is 29.3 Å². The van der Waals surface area contributed by atoms with Gasteiger partial charge in [-0.15, -0.1) is 0 Å². The number of hydrogen-bond acceptors (Lipinski definition) is 3. The van der Waals surface area contributed by atoms with Crippen LogP contribution in [0.25, 0.3) is 0 Å². The van der Waals surface area contributed by atoms with Crippen LogP contribution in [-0.4, -0.2) is 36.9 Å². The van der Waals surface area contributed by atoms with E-state index >= 15 is 0 Å². The average Bonchev–Trinajstić information content (AvgIpc) is 2.52. The molecule has 0 aromatic heterocycles. The minimum atomic E-state index is -0.884. The van der Waals surface area contributed by atoms with Gasteiger partial charge in [-0.25, -0.2) is 13.2 Å². The molecule has 2 aromatic rings. The zero-order valence-corrected chi connectivity index (χ0v) is 13.4. The second kappa shape index (κ2) is 8.29. The number of amides is 2. The quantitative estimate of drug-likeness (QED) is 0.841. The monoisotopic (exact) mass is 351 g/mol. The summed E-state index contributed by atoms with van der Waals surface area (Å²) in [5.74, 6) is -2.99. The van der Waals surface area contributed by atoms with E-state index in [-0.39, 0.29) is 18.8 Å². The summed E-state index contributed by atoms with van der Waals surface area (Å²) in [6.45, 7) is -0.273. The third-order valence-corrected chi connectivity index (χ3v) is 3.16. The molecule has 0 unspecified atom stereocenters. The smallest absolute Gasteiger partial charge is 0.238 e. The molecule has 0 spiro atoms. The summed E-state index contributed by atoms with van der Waals surface area (Å²) in [6, 6.07) is 8.06. The Kier molecular flexibility index (Phi) is 6.13. The maximum Gasteiger partial charge on any atom is 0.238 e. The Bertz CT molecular complexity index is 766. The van der Waals surface area contributed by atoms with E-state index in [4.69, 9.17) is 0 Å². The molecule has 8 heteroatoms. The van der Waals surface area contributed by atoms with Crippen LogP contribution >= 0.6 is 0 Å². The van der Waals surface area contributed by atoms with E-state index in [2.05, 4.69) is 10.6 Å². The van der Waals surface area contributed by atoms with Gasteiger partial charge in [-0.05, 0) is 43.4 Å². The Morgan fingerprint density at radius 2 is 1.44 bits per heavy atom. The van der Waals surface area contributed by atoms with Crippen molar-refractivity contribution in [2.45, 2.75) is 0 Å². The highest BCUT2D eigenvalue weighted by molar-refractivity contribution is 5.94. The van der Waals surface area contributed by atoms with Crippen molar-refractivity contribution in [3.63, 3.8) is 0 Å². The highest BCUT2D eigenvalue weighted by atomic mass is 19.1. The van der Waals surface area contributed by atoms with Crippen molar-refractivity contribution in [1.29, 1.82) is 0 Å². The van der Waals surface area contributed by atoms with Gasteiger partial charge in [0.25, 0.3) is 0 Å². The number of rotatable bonds is 6. The Balaban J connectivity index is 1.82. The van der Waals surface area contributed by atoms with Gasteiger partial charge < -0.3 is 10.6 Å². The second-order valence-electron chi connectivity index (χ2n) is 5.40. The van der Waals surface area contributed by atoms with Gasteiger partial charge in [0.15, 0.2) is 0 Å². The predicted octanol–water partition coefficient (Wildman–Crippen LogP) is 2.61. The average molecular weight is 351 g/mol. The van der Waals surface area contributed by atoms with Gasteiger partial charge in [-0.1, -0.05) is 0 Å². The first-order valence-electron chi connectivity index (χ1n) is 7.32. The molecule has 5 nitrogen and oxygen atoms in total. The van der Waals surface area contributed by atoms with E-state index in [1.807, 2.05) is 0 Å². The minimum absolute atomic E-state index is 0.100. The summed E-state index contributed by atoms with van der Waals surface area (Å²) < 4.78 is 39.1. The van der Waals surface area contributed by atoms with Crippen LogP contribution in [0.5, 0.6) is 0 Å². The van der Waals surface area contributed by atoms with Crippen molar-refractivity contribution in [3.8, 4) is 0 Å². The first kappa shape index (κ1) is 18.5. The fourth-order valence-corrected chi connectivity index (χ4v) is 2.06. The summed E-state index contributed by atoms with van der Waals surface area (Å²) in [7, 11) is 1.53. The lowest BCUT2D eigenvalue weighted by atomic mass is 10.3. The van der Waals surface area contributed by atoms with Crippen molar-refractivity contribution >= 4 is 23.2 Å². The van der Waals surface area contributed by atoms with Crippen LogP contribution in [0.4, 0.5) is 24.5 Å². The van der Waals surface area contributed by atoms with Crippen molar-refractivity contribution in [3.05, 3.63) is 59.9 Å². The summed E-state index contributed by atoms with van der Waals surface area (Å²) >= 11 is 0. The molecule has 0 saturated heterocycles. The van der Waals surface area contributed by atoms with Crippen LogP contribution in [0.3, 0.4) is 0 Å². The highest BCUT2D eigenvalue weighted by Crippen LogP contribution is 2.14. The molecule has 25 heavy (non-hydrogen) atoms. The number of hydrogen-bond donors (Lipinski definition) is 2. The predicted molar refractivity (Wildman–Crippen MR) is 87.5 cm³/mol. The number of likely N-dealkylation sites (N-methyl/N-ethyl adjacent to an activating group) is 1. The van der Waals surface area contributed by atoms with Crippen LogP contribution in [0, 0.1) is 17.5 Å². The summed E-state index contributed by atoms with van der Waals surface area (Å²) in [5.41, 5.74) is 0.285. The van der Waals surface area contributed by atoms with E-state index in [0.717, 1.165) is 12.1 Å². The largest absolute Gasteiger partial charge is 0.325 e. The van der Waals surface area contributed by atoms with Crippen LogP contribution in [0.2, 0.25) is 0 Å². The number of anilines is 2. The van der Waals surface area contributed by atoms with Gasteiger partial charge in [0.2, 0.25) is 11.8 Å². The fraction of sp³-hybridized carbons (Fsp3) is 0.176. The van der Waals surface area contributed by atoms with E-state index in [1.165, 1.54) is 36.2 Å². The molecular formula is C17H16F3N3O2. The number of halogens is 3. The van der Waals surface area contributed by atoms with Crippen LogP contribution in [0.15, 0.2) is 42.5 Å².